The van der Waals surface area contributed by atoms with Crippen molar-refractivity contribution in [3.05, 3.63) is 0 Å². The highest BCUT2D eigenvalue weighted by Crippen LogP contribution is 2.32. The maximum absolute atomic E-state index is 12.3. The lowest BCUT2D eigenvalue weighted by molar-refractivity contribution is -0.132. The number of rotatable bonds is 6. The molecule has 19 heavy (non-hydrogen) atoms. The van der Waals surface area contributed by atoms with Crippen LogP contribution in [0.3, 0.4) is 0 Å². The van der Waals surface area contributed by atoms with Crippen LogP contribution in [0.2, 0.25) is 0 Å². The highest BCUT2D eigenvalue weighted by Gasteiger charge is 2.29. The Morgan fingerprint density at radius 2 is 2.21 bits per heavy atom. The van der Waals surface area contributed by atoms with Gasteiger partial charge in [-0.25, -0.2) is 0 Å². The van der Waals surface area contributed by atoms with Gasteiger partial charge in [-0.05, 0) is 56.9 Å². The molecule has 2 rings (SSSR count). The minimum absolute atomic E-state index is 0.360. The van der Waals surface area contributed by atoms with Gasteiger partial charge in [-0.3, -0.25) is 4.79 Å². The Morgan fingerprint density at radius 3 is 2.89 bits per heavy atom. The number of hydrogen-bond donors (Lipinski definition) is 1. The predicted octanol–water partition coefficient (Wildman–Crippen LogP) is 2.51. The predicted molar refractivity (Wildman–Crippen MR) is 82.5 cm³/mol. The third-order valence-electron chi connectivity index (χ3n) is 4.63. The van der Waals surface area contributed by atoms with Crippen molar-refractivity contribution in [3.63, 3.8) is 0 Å². The molecule has 1 aliphatic carbocycles. The van der Waals surface area contributed by atoms with Crippen LogP contribution in [0.1, 0.15) is 45.4 Å². The number of carbonyl (C=O) groups is 1. The molecule has 1 saturated carbocycles. The van der Waals surface area contributed by atoms with Crippen LogP contribution in [0.4, 0.5) is 0 Å². The van der Waals surface area contributed by atoms with Crippen LogP contribution in [0, 0.1) is 5.92 Å². The van der Waals surface area contributed by atoms with Crippen LogP contribution in [-0.2, 0) is 4.79 Å². The molecule has 0 radical (unpaired) electrons. The van der Waals surface area contributed by atoms with E-state index < -0.39 is 0 Å². The van der Waals surface area contributed by atoms with Crippen LogP contribution in [0.5, 0.6) is 0 Å². The van der Waals surface area contributed by atoms with Crippen molar-refractivity contribution in [3.8, 4) is 0 Å². The minimum atomic E-state index is 0.360. The van der Waals surface area contributed by atoms with Gasteiger partial charge >= 0.3 is 0 Å². The van der Waals surface area contributed by atoms with Gasteiger partial charge in [0.1, 0.15) is 0 Å². The Morgan fingerprint density at radius 1 is 1.37 bits per heavy atom. The minimum Gasteiger partial charge on any atom is -0.343 e. The van der Waals surface area contributed by atoms with Gasteiger partial charge in [-0.2, -0.15) is 11.8 Å². The van der Waals surface area contributed by atoms with Crippen LogP contribution < -0.4 is 5.32 Å². The summed E-state index contributed by atoms with van der Waals surface area (Å²) in [6, 6.07) is 0.498. The number of thioether (sulfide) groups is 1. The van der Waals surface area contributed by atoms with Crippen molar-refractivity contribution in [2.75, 3.05) is 25.9 Å². The van der Waals surface area contributed by atoms with E-state index in [1.54, 1.807) is 0 Å². The second-order valence-corrected chi connectivity index (χ2v) is 7.52. The SMILES string of the molecule is CCSC1CCC(N(C)C(=O)CCC2CCNC2)C1. The molecule has 4 heteroatoms. The molecule has 1 heterocycles. The van der Waals surface area contributed by atoms with Crippen LogP contribution in [-0.4, -0.2) is 48.0 Å². The smallest absolute Gasteiger partial charge is 0.222 e. The Bertz CT molecular complexity index is 292. The number of hydrogen-bond acceptors (Lipinski definition) is 3. The molecule has 1 amide bonds. The number of amides is 1. The molecule has 1 N–H and O–H groups in total. The highest BCUT2D eigenvalue weighted by molar-refractivity contribution is 7.99. The van der Waals surface area contributed by atoms with E-state index in [9.17, 15) is 4.79 Å². The Hall–Kier alpha value is -0.220. The van der Waals surface area contributed by atoms with Crippen molar-refractivity contribution < 1.29 is 4.79 Å². The fourth-order valence-electron chi connectivity index (χ4n) is 3.32. The van der Waals surface area contributed by atoms with E-state index in [1.165, 1.54) is 31.4 Å². The van der Waals surface area contributed by atoms with E-state index >= 15 is 0 Å². The zero-order valence-electron chi connectivity index (χ0n) is 12.4. The van der Waals surface area contributed by atoms with E-state index in [4.69, 9.17) is 0 Å². The van der Waals surface area contributed by atoms with E-state index in [1.807, 2.05) is 11.9 Å². The summed E-state index contributed by atoms with van der Waals surface area (Å²) in [5, 5.41) is 4.15. The molecular weight excluding hydrogens is 256 g/mol. The first kappa shape index (κ1) is 15.2. The summed E-state index contributed by atoms with van der Waals surface area (Å²) in [5.41, 5.74) is 0. The summed E-state index contributed by atoms with van der Waals surface area (Å²) >= 11 is 2.06. The molecule has 0 spiro atoms. The number of nitrogens with zero attached hydrogens (tertiary/aromatic N) is 1. The molecule has 1 aliphatic heterocycles. The third-order valence-corrected chi connectivity index (χ3v) is 5.86. The van der Waals surface area contributed by atoms with Gasteiger partial charge in [-0.15, -0.1) is 0 Å². The van der Waals surface area contributed by atoms with E-state index in [2.05, 4.69) is 24.0 Å². The summed E-state index contributed by atoms with van der Waals surface area (Å²) in [4.78, 5) is 14.3. The van der Waals surface area contributed by atoms with E-state index in [0.29, 0.717) is 11.9 Å². The molecule has 0 aromatic rings. The van der Waals surface area contributed by atoms with Gasteiger partial charge in [0, 0.05) is 24.8 Å². The van der Waals surface area contributed by atoms with E-state index in [0.717, 1.165) is 37.1 Å². The molecule has 0 aromatic carbocycles. The van der Waals surface area contributed by atoms with Gasteiger partial charge in [0.25, 0.3) is 0 Å². The van der Waals surface area contributed by atoms with Crippen molar-refractivity contribution in [1.29, 1.82) is 0 Å². The first-order valence-corrected chi connectivity index (χ1v) is 8.83. The normalized spacial score (nSPS) is 30.7. The lowest BCUT2D eigenvalue weighted by Crippen LogP contribution is -2.35. The van der Waals surface area contributed by atoms with Crippen molar-refractivity contribution in [2.45, 2.75) is 56.7 Å². The Labute approximate surface area is 121 Å². The maximum atomic E-state index is 12.3. The lowest BCUT2D eigenvalue weighted by atomic mass is 10.0. The Balaban J connectivity index is 1.69. The van der Waals surface area contributed by atoms with Crippen LogP contribution >= 0.6 is 11.8 Å². The van der Waals surface area contributed by atoms with Gasteiger partial charge in [0.2, 0.25) is 5.91 Å². The first-order chi connectivity index (χ1) is 9.20. The molecule has 3 unspecified atom stereocenters. The fraction of sp³-hybridized carbons (Fsp3) is 0.933. The third kappa shape index (κ3) is 4.38. The average Bonchev–Trinajstić information content (AvgIpc) is 3.06. The molecule has 1 saturated heterocycles. The molecule has 3 atom stereocenters. The monoisotopic (exact) mass is 284 g/mol. The second-order valence-electron chi connectivity index (χ2n) is 5.95. The largest absolute Gasteiger partial charge is 0.343 e. The molecular formula is C15H28N2OS. The molecule has 0 aromatic heterocycles. The van der Waals surface area contributed by atoms with Crippen LogP contribution in [0.25, 0.3) is 0 Å². The molecule has 2 fully saturated rings. The first-order valence-electron chi connectivity index (χ1n) is 7.78. The molecule has 3 nitrogen and oxygen atoms in total. The Kier molecular flexibility index (Phi) is 6.02. The van der Waals surface area contributed by atoms with Crippen molar-refractivity contribution in [1.82, 2.24) is 10.2 Å². The molecule has 110 valence electrons. The highest BCUT2D eigenvalue weighted by atomic mass is 32.2. The summed E-state index contributed by atoms with van der Waals surface area (Å²) < 4.78 is 0. The van der Waals surface area contributed by atoms with Gasteiger partial charge in [0.15, 0.2) is 0 Å². The van der Waals surface area contributed by atoms with Crippen LogP contribution in [0.15, 0.2) is 0 Å². The molecule has 2 aliphatic rings. The maximum Gasteiger partial charge on any atom is 0.222 e. The van der Waals surface area contributed by atoms with E-state index in [-0.39, 0.29) is 0 Å². The van der Waals surface area contributed by atoms with Gasteiger partial charge in [0.05, 0.1) is 0 Å². The van der Waals surface area contributed by atoms with Gasteiger partial charge < -0.3 is 10.2 Å². The lowest BCUT2D eigenvalue weighted by Gasteiger charge is -2.25. The molecule has 0 bridgehead atoms. The fourth-order valence-corrected chi connectivity index (χ4v) is 4.46. The van der Waals surface area contributed by atoms with Gasteiger partial charge in [-0.1, -0.05) is 6.92 Å². The quantitative estimate of drug-likeness (QED) is 0.813. The average molecular weight is 284 g/mol. The second kappa shape index (κ2) is 7.53. The summed E-state index contributed by atoms with van der Waals surface area (Å²) in [6.07, 6.45) is 6.74. The zero-order valence-corrected chi connectivity index (χ0v) is 13.2. The standard InChI is InChI=1S/C15H28N2OS/c1-3-19-14-6-5-13(10-14)17(2)15(18)7-4-12-8-9-16-11-12/h12-14,16H,3-11H2,1-2H3. The topological polar surface area (TPSA) is 32.3 Å². The number of carbonyl (C=O) groups excluding carboxylic acids is 1. The summed E-state index contributed by atoms with van der Waals surface area (Å²) in [7, 11) is 2.01. The number of nitrogens with one attached hydrogen (secondary N) is 1. The van der Waals surface area contributed by atoms with Crippen molar-refractivity contribution >= 4 is 17.7 Å². The summed E-state index contributed by atoms with van der Waals surface area (Å²) in [5.74, 6) is 2.28. The summed E-state index contributed by atoms with van der Waals surface area (Å²) in [6.45, 7) is 4.46. The van der Waals surface area contributed by atoms with Crippen molar-refractivity contribution in [2.24, 2.45) is 5.92 Å². The zero-order chi connectivity index (χ0) is 13.7.